The molecule has 1 N–H and O–H groups in total. The number of nitro benzene ring substituents is 1. The Morgan fingerprint density at radius 2 is 1.90 bits per heavy atom. The molecular formula is C24H23N3O2. The van der Waals surface area contributed by atoms with Crippen molar-refractivity contribution in [3.8, 4) is 11.1 Å². The van der Waals surface area contributed by atoms with Crippen LogP contribution >= 0.6 is 0 Å². The van der Waals surface area contributed by atoms with Crippen molar-refractivity contribution < 1.29 is 4.92 Å². The van der Waals surface area contributed by atoms with E-state index in [1.165, 1.54) is 25.3 Å². The summed E-state index contributed by atoms with van der Waals surface area (Å²) >= 11 is 0. The molecule has 0 aliphatic carbocycles. The Morgan fingerprint density at radius 3 is 2.72 bits per heavy atom. The highest BCUT2D eigenvalue weighted by Crippen LogP contribution is 2.31. The van der Waals surface area contributed by atoms with Gasteiger partial charge in [-0.1, -0.05) is 44.0 Å². The number of allylic oxidation sites excluding steroid dienone is 1. The Morgan fingerprint density at radius 1 is 1.03 bits per heavy atom. The number of hydrogen-bond donors (Lipinski definition) is 1. The lowest BCUT2D eigenvalue weighted by molar-refractivity contribution is -0.384. The van der Waals surface area contributed by atoms with E-state index in [9.17, 15) is 10.1 Å². The summed E-state index contributed by atoms with van der Waals surface area (Å²) in [5, 5.41) is 13.2. The molecule has 0 saturated heterocycles. The van der Waals surface area contributed by atoms with E-state index < -0.39 is 0 Å². The average Bonchev–Trinajstić information content (AvgIpc) is 3.10. The lowest BCUT2D eigenvalue weighted by Gasteiger charge is -2.02. The Bertz CT molecular complexity index is 1210. The zero-order valence-electron chi connectivity index (χ0n) is 16.4. The maximum absolute atomic E-state index is 11.1. The SMILES string of the molecule is CCCCCC=Cc1ccc2c(n1)[nH]c1ccc(-c3cccc([N+](=O)[O-])c3)cc12. The maximum Gasteiger partial charge on any atom is 0.270 e. The molecule has 146 valence electrons. The van der Waals surface area contributed by atoms with Crippen LogP contribution in [0, 0.1) is 10.1 Å². The molecular weight excluding hydrogens is 362 g/mol. The van der Waals surface area contributed by atoms with Crippen molar-refractivity contribution in [2.75, 3.05) is 0 Å². The van der Waals surface area contributed by atoms with Gasteiger partial charge >= 0.3 is 0 Å². The van der Waals surface area contributed by atoms with Gasteiger partial charge in [-0.25, -0.2) is 4.98 Å². The van der Waals surface area contributed by atoms with E-state index in [4.69, 9.17) is 4.98 Å². The largest absolute Gasteiger partial charge is 0.339 e. The van der Waals surface area contributed by atoms with E-state index >= 15 is 0 Å². The molecule has 0 aliphatic rings. The third-order valence-electron chi connectivity index (χ3n) is 5.13. The van der Waals surface area contributed by atoms with Gasteiger partial charge in [0.1, 0.15) is 5.65 Å². The molecule has 29 heavy (non-hydrogen) atoms. The number of benzene rings is 2. The van der Waals surface area contributed by atoms with Crippen LogP contribution in [0.1, 0.15) is 38.3 Å². The number of non-ortho nitro benzene ring substituents is 1. The number of nitrogens with zero attached hydrogens (tertiary/aromatic N) is 2. The van der Waals surface area contributed by atoms with Crippen molar-refractivity contribution >= 4 is 33.7 Å². The second-order valence-corrected chi connectivity index (χ2v) is 7.22. The van der Waals surface area contributed by atoms with Crippen LogP contribution in [0.3, 0.4) is 0 Å². The predicted molar refractivity (Wildman–Crippen MR) is 119 cm³/mol. The Labute approximate surface area is 169 Å². The van der Waals surface area contributed by atoms with Crippen LogP contribution in [-0.2, 0) is 0 Å². The molecule has 0 radical (unpaired) electrons. The molecule has 5 nitrogen and oxygen atoms in total. The second-order valence-electron chi connectivity index (χ2n) is 7.22. The van der Waals surface area contributed by atoms with Gasteiger partial charge in [0.05, 0.1) is 10.6 Å². The first kappa shape index (κ1) is 18.9. The van der Waals surface area contributed by atoms with Gasteiger partial charge < -0.3 is 4.98 Å². The van der Waals surface area contributed by atoms with E-state index in [0.29, 0.717) is 0 Å². The molecule has 2 aromatic carbocycles. The van der Waals surface area contributed by atoms with Crippen LogP contribution in [0.15, 0.2) is 60.7 Å². The number of H-pyrrole nitrogens is 1. The normalized spacial score (nSPS) is 11.6. The smallest absolute Gasteiger partial charge is 0.270 e. The van der Waals surface area contributed by atoms with Crippen LogP contribution in [-0.4, -0.2) is 14.9 Å². The summed E-state index contributed by atoms with van der Waals surface area (Å²) in [5.41, 5.74) is 4.67. The molecule has 5 heteroatoms. The molecule has 0 atom stereocenters. The first-order valence-electron chi connectivity index (χ1n) is 9.99. The maximum atomic E-state index is 11.1. The number of nitrogens with one attached hydrogen (secondary N) is 1. The molecule has 4 aromatic rings. The van der Waals surface area contributed by atoms with Crippen LogP contribution in [0.25, 0.3) is 39.1 Å². The zero-order valence-corrected chi connectivity index (χ0v) is 16.4. The molecule has 4 rings (SSSR count). The standard InChI is InChI=1S/C24H23N3O2/c1-2-3-4-5-6-9-19-12-13-21-22-16-18(11-14-23(22)26-24(21)25-19)17-8-7-10-20(15-17)27(28)29/h6-16H,2-5H2,1H3,(H,25,26). The van der Waals surface area contributed by atoms with Crippen LogP contribution in [0.4, 0.5) is 5.69 Å². The van der Waals surface area contributed by atoms with Crippen molar-refractivity contribution in [3.63, 3.8) is 0 Å². The number of nitro groups is 1. The average molecular weight is 385 g/mol. The number of hydrogen-bond acceptors (Lipinski definition) is 3. The second kappa shape index (κ2) is 8.27. The number of pyridine rings is 1. The van der Waals surface area contributed by atoms with Gasteiger partial charge in [-0.05, 0) is 54.3 Å². The number of fused-ring (bicyclic) bond motifs is 3. The lowest BCUT2D eigenvalue weighted by atomic mass is 10.0. The van der Waals surface area contributed by atoms with Gasteiger partial charge in [-0.2, -0.15) is 0 Å². The summed E-state index contributed by atoms with van der Waals surface area (Å²) in [6, 6.07) is 16.9. The highest BCUT2D eigenvalue weighted by atomic mass is 16.6. The van der Waals surface area contributed by atoms with E-state index in [0.717, 1.165) is 45.2 Å². The number of aromatic nitrogens is 2. The summed E-state index contributed by atoms with van der Waals surface area (Å²) in [4.78, 5) is 18.8. The van der Waals surface area contributed by atoms with Crippen molar-refractivity contribution in [2.45, 2.75) is 32.6 Å². The molecule has 0 bridgehead atoms. The van der Waals surface area contributed by atoms with E-state index in [1.54, 1.807) is 12.1 Å². The summed E-state index contributed by atoms with van der Waals surface area (Å²) in [6.07, 6.45) is 9.04. The van der Waals surface area contributed by atoms with Crippen molar-refractivity contribution in [1.82, 2.24) is 9.97 Å². The topological polar surface area (TPSA) is 71.8 Å². The van der Waals surface area contributed by atoms with Crippen LogP contribution in [0.5, 0.6) is 0 Å². The van der Waals surface area contributed by atoms with Gasteiger partial charge in [0, 0.05) is 28.4 Å². The van der Waals surface area contributed by atoms with Gasteiger partial charge in [-0.15, -0.1) is 0 Å². The molecule has 2 heterocycles. The minimum atomic E-state index is -0.366. The van der Waals surface area contributed by atoms with Crippen molar-refractivity contribution in [1.29, 1.82) is 0 Å². The van der Waals surface area contributed by atoms with Crippen LogP contribution in [0.2, 0.25) is 0 Å². The third-order valence-corrected chi connectivity index (χ3v) is 5.13. The highest BCUT2D eigenvalue weighted by Gasteiger charge is 2.10. The molecule has 0 saturated carbocycles. The first-order chi connectivity index (χ1) is 14.2. The summed E-state index contributed by atoms with van der Waals surface area (Å²) in [7, 11) is 0. The Kier molecular flexibility index (Phi) is 5.38. The molecule has 0 unspecified atom stereocenters. The number of rotatable bonds is 7. The van der Waals surface area contributed by atoms with Crippen molar-refractivity contribution in [2.24, 2.45) is 0 Å². The molecule has 2 aromatic heterocycles. The molecule has 0 fully saturated rings. The minimum absolute atomic E-state index is 0.0959. The molecule has 0 spiro atoms. The summed E-state index contributed by atoms with van der Waals surface area (Å²) < 4.78 is 0. The number of aromatic amines is 1. The van der Waals surface area contributed by atoms with Gasteiger partial charge in [0.2, 0.25) is 0 Å². The molecule has 0 aliphatic heterocycles. The minimum Gasteiger partial charge on any atom is -0.339 e. The van der Waals surface area contributed by atoms with Gasteiger partial charge in [0.15, 0.2) is 0 Å². The highest BCUT2D eigenvalue weighted by molar-refractivity contribution is 6.07. The fourth-order valence-electron chi connectivity index (χ4n) is 3.58. The molecule has 0 amide bonds. The predicted octanol–water partition coefficient (Wildman–Crippen LogP) is 6.88. The Balaban J connectivity index is 1.67. The summed E-state index contributed by atoms with van der Waals surface area (Å²) in [5.74, 6) is 0. The van der Waals surface area contributed by atoms with Crippen LogP contribution < -0.4 is 0 Å². The van der Waals surface area contributed by atoms with E-state index in [2.05, 4.69) is 36.2 Å². The summed E-state index contributed by atoms with van der Waals surface area (Å²) in [6.45, 7) is 2.21. The van der Waals surface area contributed by atoms with E-state index in [1.807, 2.05) is 24.3 Å². The quantitative estimate of drug-likeness (QED) is 0.214. The lowest BCUT2D eigenvalue weighted by Crippen LogP contribution is -1.88. The van der Waals surface area contributed by atoms with Crippen molar-refractivity contribution in [3.05, 3.63) is 76.5 Å². The van der Waals surface area contributed by atoms with Gasteiger partial charge in [-0.3, -0.25) is 10.1 Å². The Hall–Kier alpha value is -3.47. The first-order valence-corrected chi connectivity index (χ1v) is 9.99. The fourth-order valence-corrected chi connectivity index (χ4v) is 3.58. The fraction of sp³-hybridized carbons (Fsp3) is 0.208. The van der Waals surface area contributed by atoms with E-state index in [-0.39, 0.29) is 10.6 Å². The third kappa shape index (κ3) is 4.04. The monoisotopic (exact) mass is 385 g/mol. The number of unbranched alkanes of at least 4 members (excludes halogenated alkanes) is 3. The zero-order chi connectivity index (χ0) is 20.2. The van der Waals surface area contributed by atoms with Gasteiger partial charge in [0.25, 0.3) is 5.69 Å².